The highest BCUT2D eigenvalue weighted by Crippen LogP contribution is 2.39. The average molecular weight is 447 g/mol. The van der Waals surface area contributed by atoms with E-state index in [1.807, 2.05) is 31.2 Å². The normalized spacial score (nSPS) is 14.8. The molecule has 2 heterocycles. The van der Waals surface area contributed by atoms with Crippen LogP contribution in [0.2, 0.25) is 0 Å². The highest BCUT2D eigenvalue weighted by molar-refractivity contribution is 5.99. The van der Waals surface area contributed by atoms with Crippen molar-refractivity contribution in [2.45, 2.75) is 32.4 Å². The predicted molar refractivity (Wildman–Crippen MR) is 119 cm³/mol. The molecule has 33 heavy (non-hydrogen) atoms. The van der Waals surface area contributed by atoms with Crippen LogP contribution in [0.15, 0.2) is 60.8 Å². The van der Waals surface area contributed by atoms with Crippen LogP contribution in [0, 0.1) is 12.7 Å². The smallest absolute Gasteiger partial charge is 0.337 e. The Morgan fingerprint density at radius 2 is 1.88 bits per heavy atom. The number of carbonyl (C=O) groups is 3. The first-order valence-electron chi connectivity index (χ1n) is 10.5. The summed E-state index contributed by atoms with van der Waals surface area (Å²) in [4.78, 5) is 42.0. The van der Waals surface area contributed by atoms with Crippen LogP contribution in [0.4, 0.5) is 10.2 Å². The number of halogens is 1. The molecule has 2 amide bonds. The van der Waals surface area contributed by atoms with Crippen molar-refractivity contribution in [1.82, 2.24) is 9.88 Å². The standard InChI is InChI=1S/C25H22FN3O4/c1-15-5-7-16(8-6-15)14-29-20(23-18(24(29)31)3-2-4-19(23)26)10-12-22(30)28-21-11-9-17(13-27-21)25(32)33/h2-9,11,13,20H,10,12,14H2,1H3,(H,32,33)(H,27,28,30). The summed E-state index contributed by atoms with van der Waals surface area (Å²) < 4.78 is 14.7. The Bertz CT molecular complexity index is 1210. The third-order valence-corrected chi connectivity index (χ3v) is 5.65. The number of rotatable bonds is 7. The summed E-state index contributed by atoms with van der Waals surface area (Å²) in [5.74, 6) is -1.99. The second-order valence-electron chi connectivity index (χ2n) is 7.96. The summed E-state index contributed by atoms with van der Waals surface area (Å²) in [7, 11) is 0. The maximum atomic E-state index is 14.7. The van der Waals surface area contributed by atoms with Crippen molar-refractivity contribution in [3.05, 3.63) is 94.4 Å². The van der Waals surface area contributed by atoms with Crippen molar-refractivity contribution in [3.8, 4) is 0 Å². The number of amides is 2. The van der Waals surface area contributed by atoms with E-state index < -0.39 is 17.8 Å². The van der Waals surface area contributed by atoms with Crippen LogP contribution in [0.5, 0.6) is 0 Å². The lowest BCUT2D eigenvalue weighted by Crippen LogP contribution is -2.28. The second kappa shape index (κ2) is 9.20. The lowest BCUT2D eigenvalue weighted by Gasteiger charge is -2.25. The van der Waals surface area contributed by atoms with Crippen molar-refractivity contribution < 1.29 is 23.9 Å². The maximum Gasteiger partial charge on any atom is 0.337 e. The summed E-state index contributed by atoms with van der Waals surface area (Å²) >= 11 is 0. The molecular formula is C25H22FN3O4. The fourth-order valence-corrected chi connectivity index (χ4v) is 3.95. The molecule has 2 N–H and O–H groups in total. The first kappa shape index (κ1) is 22.1. The largest absolute Gasteiger partial charge is 0.478 e. The van der Waals surface area contributed by atoms with Gasteiger partial charge in [0.1, 0.15) is 11.6 Å². The van der Waals surface area contributed by atoms with E-state index in [4.69, 9.17) is 5.11 Å². The third kappa shape index (κ3) is 4.74. The molecule has 1 atom stereocenters. The Kier molecular flexibility index (Phi) is 6.17. The van der Waals surface area contributed by atoms with Gasteiger partial charge in [0, 0.05) is 30.3 Å². The topological polar surface area (TPSA) is 99.6 Å². The average Bonchev–Trinajstić information content (AvgIpc) is 3.06. The van der Waals surface area contributed by atoms with Crippen molar-refractivity contribution in [1.29, 1.82) is 0 Å². The predicted octanol–water partition coefficient (Wildman–Crippen LogP) is 4.34. The molecule has 0 bridgehead atoms. The van der Waals surface area contributed by atoms with E-state index in [-0.39, 0.29) is 36.0 Å². The summed E-state index contributed by atoms with van der Waals surface area (Å²) in [5.41, 5.74) is 2.65. The van der Waals surface area contributed by atoms with Crippen LogP contribution in [0.3, 0.4) is 0 Å². The minimum Gasteiger partial charge on any atom is -0.478 e. The van der Waals surface area contributed by atoms with E-state index in [1.54, 1.807) is 11.0 Å². The van der Waals surface area contributed by atoms with E-state index in [1.165, 1.54) is 24.3 Å². The molecule has 0 spiro atoms. The van der Waals surface area contributed by atoms with Crippen molar-refractivity contribution >= 4 is 23.6 Å². The van der Waals surface area contributed by atoms with Crippen LogP contribution < -0.4 is 5.32 Å². The third-order valence-electron chi connectivity index (χ3n) is 5.65. The number of aromatic nitrogens is 1. The number of carbonyl (C=O) groups excluding carboxylic acids is 2. The molecule has 168 valence electrons. The molecule has 4 rings (SSSR count). The van der Waals surface area contributed by atoms with Crippen LogP contribution >= 0.6 is 0 Å². The minimum absolute atomic E-state index is 0.0105. The number of aryl methyl sites for hydroxylation is 1. The fourth-order valence-electron chi connectivity index (χ4n) is 3.95. The van der Waals surface area contributed by atoms with Gasteiger partial charge in [-0.05, 0) is 43.2 Å². The fraction of sp³-hybridized carbons (Fsp3) is 0.200. The number of carboxylic acid groups (broad SMARTS) is 1. The van der Waals surface area contributed by atoms with E-state index >= 15 is 0 Å². The van der Waals surface area contributed by atoms with Gasteiger partial charge in [0.05, 0.1) is 11.6 Å². The highest BCUT2D eigenvalue weighted by Gasteiger charge is 2.38. The quantitative estimate of drug-likeness (QED) is 0.561. The molecule has 0 aliphatic carbocycles. The second-order valence-corrected chi connectivity index (χ2v) is 7.96. The Balaban J connectivity index is 1.50. The first-order chi connectivity index (χ1) is 15.8. The lowest BCUT2D eigenvalue weighted by molar-refractivity contribution is -0.116. The number of benzene rings is 2. The van der Waals surface area contributed by atoms with Gasteiger partial charge in [0.15, 0.2) is 0 Å². The number of nitrogens with zero attached hydrogens (tertiary/aromatic N) is 2. The van der Waals surface area contributed by atoms with Gasteiger partial charge >= 0.3 is 5.97 Å². The van der Waals surface area contributed by atoms with Gasteiger partial charge in [0.25, 0.3) is 5.91 Å². The van der Waals surface area contributed by atoms with Crippen molar-refractivity contribution in [2.75, 3.05) is 5.32 Å². The maximum absolute atomic E-state index is 14.7. The summed E-state index contributed by atoms with van der Waals surface area (Å²) in [6, 6.07) is 14.4. The number of pyridine rings is 1. The molecule has 8 heteroatoms. The van der Waals surface area contributed by atoms with E-state index in [0.717, 1.165) is 17.3 Å². The number of aromatic carboxylic acids is 1. The van der Waals surface area contributed by atoms with Crippen LogP contribution in [-0.2, 0) is 11.3 Å². The van der Waals surface area contributed by atoms with Gasteiger partial charge in [0.2, 0.25) is 5.91 Å². The first-order valence-corrected chi connectivity index (χ1v) is 10.5. The molecule has 0 saturated carbocycles. The molecule has 7 nitrogen and oxygen atoms in total. The number of fused-ring (bicyclic) bond motifs is 1. The van der Waals surface area contributed by atoms with Gasteiger partial charge < -0.3 is 15.3 Å². The summed E-state index contributed by atoms with van der Waals surface area (Å²) in [6.45, 7) is 2.28. The van der Waals surface area contributed by atoms with E-state index in [0.29, 0.717) is 17.7 Å². The highest BCUT2D eigenvalue weighted by atomic mass is 19.1. The van der Waals surface area contributed by atoms with E-state index in [2.05, 4.69) is 10.3 Å². The zero-order chi connectivity index (χ0) is 23.5. The SMILES string of the molecule is Cc1ccc(CN2C(=O)c3cccc(F)c3C2CCC(=O)Nc2ccc(C(=O)O)cn2)cc1. The monoisotopic (exact) mass is 447 g/mol. The minimum atomic E-state index is -1.11. The van der Waals surface area contributed by atoms with Gasteiger partial charge in [-0.15, -0.1) is 0 Å². The van der Waals surface area contributed by atoms with Crippen LogP contribution in [0.25, 0.3) is 0 Å². The Morgan fingerprint density at radius 3 is 2.55 bits per heavy atom. The molecule has 0 radical (unpaired) electrons. The Morgan fingerprint density at radius 1 is 1.12 bits per heavy atom. The molecular weight excluding hydrogens is 425 g/mol. The molecule has 0 fully saturated rings. The van der Waals surface area contributed by atoms with Gasteiger partial charge in [-0.2, -0.15) is 0 Å². The summed E-state index contributed by atoms with van der Waals surface area (Å²) in [5, 5.41) is 11.6. The van der Waals surface area contributed by atoms with Gasteiger partial charge in [-0.1, -0.05) is 35.9 Å². The molecule has 1 unspecified atom stereocenters. The molecule has 0 saturated heterocycles. The van der Waals surface area contributed by atoms with Crippen molar-refractivity contribution in [3.63, 3.8) is 0 Å². The molecule has 2 aromatic carbocycles. The number of hydrogen-bond acceptors (Lipinski definition) is 4. The zero-order valence-corrected chi connectivity index (χ0v) is 17.9. The molecule has 1 aliphatic rings. The zero-order valence-electron chi connectivity index (χ0n) is 17.9. The van der Waals surface area contributed by atoms with Gasteiger partial charge in [-0.25, -0.2) is 14.2 Å². The number of anilines is 1. The summed E-state index contributed by atoms with van der Waals surface area (Å²) in [6.07, 6.45) is 1.41. The molecule has 1 aliphatic heterocycles. The molecule has 1 aromatic heterocycles. The Hall–Kier alpha value is -4.07. The molecule has 3 aromatic rings. The Labute approximate surface area is 189 Å². The van der Waals surface area contributed by atoms with Crippen LogP contribution in [-0.4, -0.2) is 32.8 Å². The van der Waals surface area contributed by atoms with Crippen LogP contribution in [0.1, 0.15) is 56.3 Å². The number of hydrogen-bond donors (Lipinski definition) is 2. The van der Waals surface area contributed by atoms with E-state index in [9.17, 15) is 18.8 Å². The van der Waals surface area contributed by atoms with Crippen molar-refractivity contribution in [2.24, 2.45) is 0 Å². The number of carboxylic acids is 1. The van der Waals surface area contributed by atoms with Gasteiger partial charge in [-0.3, -0.25) is 9.59 Å². The number of nitrogens with one attached hydrogen (secondary N) is 1. The lowest BCUT2D eigenvalue weighted by atomic mass is 9.99.